The Kier molecular flexibility index (Phi) is 5.90. The van der Waals surface area contributed by atoms with Crippen molar-refractivity contribution in [3.05, 3.63) is 101 Å². The van der Waals surface area contributed by atoms with E-state index >= 15 is 0 Å². The van der Waals surface area contributed by atoms with Crippen LogP contribution in [0.2, 0.25) is 0 Å². The van der Waals surface area contributed by atoms with E-state index in [4.69, 9.17) is 0 Å². The van der Waals surface area contributed by atoms with Crippen molar-refractivity contribution < 1.29 is 4.39 Å². The van der Waals surface area contributed by atoms with Gasteiger partial charge in [0.15, 0.2) is 0 Å². The maximum atomic E-state index is 13.6. The Balaban J connectivity index is 1.33. The molecule has 0 amide bonds. The Labute approximate surface area is 168 Å². The lowest BCUT2D eigenvalue weighted by atomic mass is 10.0. The molecule has 4 aromatic rings. The Hall–Kier alpha value is -2.82. The second kappa shape index (κ2) is 8.91. The molecular weight excluding hydrogens is 367 g/mol. The van der Waals surface area contributed by atoms with Gasteiger partial charge in [-0.1, -0.05) is 72.8 Å². The smallest absolute Gasteiger partial charge is 0.126 e. The Bertz CT molecular complexity index is 1030. The van der Waals surface area contributed by atoms with Crippen molar-refractivity contribution in [2.75, 3.05) is 6.54 Å². The first-order chi connectivity index (χ1) is 13.8. The van der Waals surface area contributed by atoms with Crippen LogP contribution in [-0.4, -0.2) is 11.5 Å². The van der Waals surface area contributed by atoms with Crippen LogP contribution in [0.4, 0.5) is 4.39 Å². The second-order valence-corrected chi connectivity index (χ2v) is 7.70. The van der Waals surface area contributed by atoms with Crippen LogP contribution in [0.25, 0.3) is 21.6 Å². The molecule has 1 heterocycles. The van der Waals surface area contributed by atoms with Gasteiger partial charge in [-0.2, -0.15) is 0 Å². The molecule has 0 aliphatic rings. The van der Waals surface area contributed by atoms with Crippen LogP contribution in [0.1, 0.15) is 10.6 Å². The fourth-order valence-electron chi connectivity index (χ4n) is 3.10. The standard InChI is InChI=1S/C24H21FN2S/c25-22-9-5-4-8-20(22)14-15-26-17-24-27-16-23(28-24)21-12-10-19(11-13-21)18-6-2-1-3-7-18/h1-13,16,26H,14-15,17H2. The first-order valence-electron chi connectivity index (χ1n) is 9.34. The maximum absolute atomic E-state index is 13.6. The van der Waals surface area contributed by atoms with E-state index in [-0.39, 0.29) is 5.82 Å². The topological polar surface area (TPSA) is 24.9 Å². The van der Waals surface area contributed by atoms with Crippen molar-refractivity contribution in [2.45, 2.75) is 13.0 Å². The van der Waals surface area contributed by atoms with Gasteiger partial charge in [-0.15, -0.1) is 11.3 Å². The molecule has 0 fully saturated rings. The molecule has 140 valence electrons. The third-order valence-electron chi connectivity index (χ3n) is 4.64. The summed E-state index contributed by atoms with van der Waals surface area (Å²) in [6, 6.07) is 25.9. The Morgan fingerprint density at radius 2 is 1.46 bits per heavy atom. The molecule has 0 spiro atoms. The van der Waals surface area contributed by atoms with Gasteiger partial charge in [0.1, 0.15) is 10.8 Å². The number of halogens is 1. The molecule has 0 atom stereocenters. The first-order valence-corrected chi connectivity index (χ1v) is 10.2. The Morgan fingerprint density at radius 1 is 0.786 bits per heavy atom. The number of thiazole rings is 1. The molecule has 0 bridgehead atoms. The summed E-state index contributed by atoms with van der Waals surface area (Å²) in [5.74, 6) is -0.139. The number of hydrogen-bond acceptors (Lipinski definition) is 3. The number of nitrogens with zero attached hydrogens (tertiary/aromatic N) is 1. The van der Waals surface area contributed by atoms with Crippen LogP contribution in [0.15, 0.2) is 85.1 Å². The molecule has 4 heteroatoms. The lowest BCUT2D eigenvalue weighted by molar-refractivity contribution is 0.597. The normalized spacial score (nSPS) is 10.9. The summed E-state index contributed by atoms with van der Waals surface area (Å²) in [7, 11) is 0. The zero-order valence-corrected chi connectivity index (χ0v) is 16.3. The molecule has 0 saturated carbocycles. The largest absolute Gasteiger partial charge is 0.310 e. The average Bonchev–Trinajstić information content (AvgIpc) is 3.22. The molecule has 1 aromatic heterocycles. The van der Waals surface area contributed by atoms with E-state index in [1.165, 1.54) is 22.8 Å². The van der Waals surface area contributed by atoms with E-state index in [2.05, 4.69) is 58.8 Å². The van der Waals surface area contributed by atoms with E-state index in [0.29, 0.717) is 13.0 Å². The molecule has 0 aliphatic carbocycles. The molecule has 1 N–H and O–H groups in total. The molecule has 0 radical (unpaired) electrons. The fraction of sp³-hybridized carbons (Fsp3) is 0.125. The quantitative estimate of drug-likeness (QED) is 0.396. The van der Waals surface area contributed by atoms with Gasteiger partial charge in [0.05, 0.1) is 4.88 Å². The summed E-state index contributed by atoms with van der Waals surface area (Å²) in [5.41, 5.74) is 4.35. The molecule has 0 unspecified atom stereocenters. The lowest BCUT2D eigenvalue weighted by Gasteiger charge is -2.04. The molecule has 4 rings (SSSR count). The van der Waals surface area contributed by atoms with Crippen molar-refractivity contribution >= 4 is 11.3 Å². The van der Waals surface area contributed by atoms with Crippen LogP contribution < -0.4 is 5.32 Å². The average molecular weight is 389 g/mol. The first kappa shape index (κ1) is 18.5. The fourth-order valence-corrected chi connectivity index (χ4v) is 4.00. The summed E-state index contributed by atoms with van der Waals surface area (Å²) >= 11 is 1.69. The lowest BCUT2D eigenvalue weighted by Crippen LogP contribution is -2.16. The molecule has 0 saturated heterocycles. The number of rotatable bonds is 7. The van der Waals surface area contributed by atoms with Crippen LogP contribution in [0, 0.1) is 5.82 Å². The van der Waals surface area contributed by atoms with Crippen LogP contribution in [-0.2, 0) is 13.0 Å². The molecular formula is C24H21FN2S. The highest BCUT2D eigenvalue weighted by Crippen LogP contribution is 2.28. The third kappa shape index (κ3) is 4.53. The highest BCUT2D eigenvalue weighted by Gasteiger charge is 2.06. The van der Waals surface area contributed by atoms with Crippen molar-refractivity contribution in [3.63, 3.8) is 0 Å². The predicted octanol–water partition coefficient (Wildman–Crippen LogP) is 5.95. The van der Waals surface area contributed by atoms with Crippen LogP contribution in [0.3, 0.4) is 0 Å². The van der Waals surface area contributed by atoms with Gasteiger partial charge in [0, 0.05) is 12.7 Å². The van der Waals surface area contributed by atoms with Crippen LogP contribution >= 0.6 is 11.3 Å². The van der Waals surface area contributed by atoms with Gasteiger partial charge < -0.3 is 5.32 Å². The highest BCUT2D eigenvalue weighted by atomic mass is 32.1. The third-order valence-corrected chi connectivity index (χ3v) is 5.68. The van der Waals surface area contributed by atoms with E-state index in [1.807, 2.05) is 24.4 Å². The van der Waals surface area contributed by atoms with Crippen molar-refractivity contribution in [1.82, 2.24) is 10.3 Å². The molecule has 2 nitrogen and oxygen atoms in total. The summed E-state index contributed by atoms with van der Waals surface area (Å²) in [6.07, 6.45) is 2.60. The summed E-state index contributed by atoms with van der Waals surface area (Å²) in [6.45, 7) is 1.42. The van der Waals surface area contributed by atoms with Crippen LogP contribution in [0.5, 0.6) is 0 Å². The van der Waals surface area contributed by atoms with Gasteiger partial charge in [0.25, 0.3) is 0 Å². The molecule has 0 aliphatic heterocycles. The zero-order chi connectivity index (χ0) is 19.2. The van der Waals surface area contributed by atoms with Gasteiger partial charge in [-0.05, 0) is 41.3 Å². The minimum atomic E-state index is -0.139. The number of hydrogen-bond donors (Lipinski definition) is 1. The highest BCUT2D eigenvalue weighted by molar-refractivity contribution is 7.15. The van der Waals surface area contributed by atoms with Gasteiger partial charge >= 0.3 is 0 Å². The van der Waals surface area contributed by atoms with Crippen molar-refractivity contribution in [2.24, 2.45) is 0 Å². The van der Waals surface area contributed by atoms with Crippen molar-refractivity contribution in [1.29, 1.82) is 0 Å². The minimum absolute atomic E-state index is 0.139. The molecule has 3 aromatic carbocycles. The second-order valence-electron chi connectivity index (χ2n) is 6.58. The van der Waals surface area contributed by atoms with E-state index in [9.17, 15) is 4.39 Å². The van der Waals surface area contributed by atoms with Gasteiger partial charge in [-0.3, -0.25) is 0 Å². The van der Waals surface area contributed by atoms with E-state index < -0.39 is 0 Å². The maximum Gasteiger partial charge on any atom is 0.126 e. The summed E-state index contributed by atoms with van der Waals surface area (Å²) < 4.78 is 13.6. The number of aromatic nitrogens is 1. The van der Waals surface area contributed by atoms with E-state index in [1.54, 1.807) is 17.4 Å². The van der Waals surface area contributed by atoms with Crippen molar-refractivity contribution in [3.8, 4) is 21.6 Å². The number of nitrogens with one attached hydrogen (secondary N) is 1. The summed E-state index contributed by atoms with van der Waals surface area (Å²) in [4.78, 5) is 5.68. The zero-order valence-electron chi connectivity index (χ0n) is 15.4. The minimum Gasteiger partial charge on any atom is -0.310 e. The number of benzene rings is 3. The van der Waals surface area contributed by atoms with Gasteiger partial charge in [-0.25, -0.2) is 9.37 Å². The summed E-state index contributed by atoms with van der Waals surface area (Å²) in [5, 5.41) is 4.39. The SMILES string of the molecule is Fc1ccccc1CCNCc1ncc(-c2ccc(-c3ccccc3)cc2)s1. The van der Waals surface area contributed by atoms with E-state index in [0.717, 1.165) is 22.0 Å². The Morgan fingerprint density at radius 3 is 2.25 bits per heavy atom. The predicted molar refractivity (Wildman–Crippen MR) is 115 cm³/mol. The molecule has 28 heavy (non-hydrogen) atoms. The van der Waals surface area contributed by atoms with Gasteiger partial charge in [0.2, 0.25) is 0 Å². The monoisotopic (exact) mass is 388 g/mol.